The van der Waals surface area contributed by atoms with Crippen LogP contribution in [0.4, 0.5) is 0 Å². The molecule has 25 heavy (non-hydrogen) atoms. The van der Waals surface area contributed by atoms with Crippen LogP contribution in [-0.4, -0.2) is 54.0 Å². The van der Waals surface area contributed by atoms with Crippen LogP contribution in [0.5, 0.6) is 0 Å². The number of piperidine rings is 1. The lowest BCUT2D eigenvalue weighted by Gasteiger charge is -2.35. The van der Waals surface area contributed by atoms with Gasteiger partial charge in [0.05, 0.1) is 32.0 Å². The lowest BCUT2D eigenvalue weighted by molar-refractivity contribution is -0.157. The number of hydrogen-bond acceptors (Lipinski definition) is 6. The first-order valence-corrected chi connectivity index (χ1v) is 8.73. The third-order valence-corrected chi connectivity index (χ3v) is 4.24. The molecule has 2 rings (SSSR count). The van der Waals surface area contributed by atoms with Gasteiger partial charge in [-0.2, -0.15) is 5.26 Å². The van der Waals surface area contributed by atoms with Crippen LogP contribution < -0.4 is 0 Å². The SMILES string of the molecule is CCOC(=O)C1CCCCN1C(=O)CN(CCC#N)Cc1ccco1. The van der Waals surface area contributed by atoms with Crippen molar-refractivity contribution in [3.05, 3.63) is 24.2 Å². The molecule has 7 heteroatoms. The van der Waals surface area contributed by atoms with Crippen LogP contribution in [0.2, 0.25) is 0 Å². The second-order valence-electron chi connectivity index (χ2n) is 6.05. The maximum absolute atomic E-state index is 12.8. The van der Waals surface area contributed by atoms with Gasteiger partial charge in [0.25, 0.3) is 0 Å². The third kappa shape index (κ3) is 5.61. The van der Waals surface area contributed by atoms with E-state index in [9.17, 15) is 9.59 Å². The van der Waals surface area contributed by atoms with Crippen molar-refractivity contribution in [3.8, 4) is 6.07 Å². The zero-order valence-electron chi connectivity index (χ0n) is 14.6. The van der Waals surface area contributed by atoms with Gasteiger partial charge in [-0.3, -0.25) is 9.69 Å². The maximum atomic E-state index is 12.8. The predicted molar refractivity (Wildman–Crippen MR) is 90.2 cm³/mol. The van der Waals surface area contributed by atoms with Gasteiger partial charge in [-0.25, -0.2) is 4.79 Å². The van der Waals surface area contributed by atoms with Gasteiger partial charge in [0, 0.05) is 19.5 Å². The van der Waals surface area contributed by atoms with Gasteiger partial charge in [0.15, 0.2) is 0 Å². The van der Waals surface area contributed by atoms with Crippen molar-refractivity contribution >= 4 is 11.9 Å². The summed E-state index contributed by atoms with van der Waals surface area (Å²) in [5.74, 6) is 0.304. The van der Waals surface area contributed by atoms with Crippen LogP contribution in [0, 0.1) is 11.3 Å². The Bertz CT molecular complexity index is 594. The van der Waals surface area contributed by atoms with Crippen molar-refractivity contribution in [2.75, 3.05) is 26.2 Å². The monoisotopic (exact) mass is 347 g/mol. The molecule has 1 aromatic rings. The molecule has 1 saturated heterocycles. The van der Waals surface area contributed by atoms with E-state index >= 15 is 0 Å². The number of carbonyl (C=O) groups excluding carboxylic acids is 2. The summed E-state index contributed by atoms with van der Waals surface area (Å²) in [4.78, 5) is 28.4. The Morgan fingerprint density at radius 2 is 2.32 bits per heavy atom. The normalized spacial score (nSPS) is 17.3. The summed E-state index contributed by atoms with van der Waals surface area (Å²) >= 11 is 0. The van der Waals surface area contributed by atoms with Gasteiger partial charge >= 0.3 is 5.97 Å². The fourth-order valence-corrected chi connectivity index (χ4v) is 3.04. The van der Waals surface area contributed by atoms with Crippen LogP contribution in [-0.2, 0) is 20.9 Å². The number of esters is 1. The Hall–Kier alpha value is -2.33. The van der Waals surface area contributed by atoms with Crippen molar-refractivity contribution in [1.82, 2.24) is 9.80 Å². The van der Waals surface area contributed by atoms with E-state index in [0.717, 1.165) is 18.6 Å². The number of likely N-dealkylation sites (tertiary alicyclic amines) is 1. The van der Waals surface area contributed by atoms with E-state index in [0.29, 0.717) is 39.1 Å². The summed E-state index contributed by atoms with van der Waals surface area (Å²) in [5.41, 5.74) is 0. The molecular formula is C18H25N3O4. The summed E-state index contributed by atoms with van der Waals surface area (Å²) in [6.07, 6.45) is 4.35. The zero-order valence-corrected chi connectivity index (χ0v) is 14.6. The quantitative estimate of drug-likeness (QED) is 0.668. The summed E-state index contributed by atoms with van der Waals surface area (Å²) in [6, 6.07) is 5.24. The van der Waals surface area contributed by atoms with Gasteiger partial charge in [-0.1, -0.05) is 0 Å². The fraction of sp³-hybridized carbons (Fsp3) is 0.611. The van der Waals surface area contributed by atoms with E-state index in [1.54, 1.807) is 24.2 Å². The molecule has 0 aliphatic carbocycles. The molecular weight excluding hydrogens is 322 g/mol. The van der Waals surface area contributed by atoms with E-state index in [-0.39, 0.29) is 18.4 Å². The zero-order chi connectivity index (χ0) is 18.1. The number of carbonyl (C=O) groups is 2. The maximum Gasteiger partial charge on any atom is 0.328 e. The minimum Gasteiger partial charge on any atom is -0.468 e. The Morgan fingerprint density at radius 3 is 3.00 bits per heavy atom. The van der Waals surface area contributed by atoms with E-state index in [4.69, 9.17) is 14.4 Å². The van der Waals surface area contributed by atoms with Gasteiger partial charge in [0.2, 0.25) is 5.91 Å². The van der Waals surface area contributed by atoms with Crippen molar-refractivity contribution in [2.45, 2.75) is 45.2 Å². The molecule has 0 N–H and O–H groups in total. The highest BCUT2D eigenvalue weighted by Gasteiger charge is 2.33. The molecule has 1 aromatic heterocycles. The number of furan rings is 1. The lowest BCUT2D eigenvalue weighted by Crippen LogP contribution is -2.51. The van der Waals surface area contributed by atoms with Crippen LogP contribution in [0.15, 0.2) is 22.8 Å². The average Bonchev–Trinajstić information content (AvgIpc) is 3.12. The minimum absolute atomic E-state index is 0.109. The molecule has 0 aromatic carbocycles. The molecule has 1 amide bonds. The molecule has 1 atom stereocenters. The highest BCUT2D eigenvalue weighted by Crippen LogP contribution is 2.19. The molecule has 136 valence electrons. The Kier molecular flexibility index (Phi) is 7.48. The molecule has 0 saturated carbocycles. The molecule has 0 radical (unpaired) electrons. The highest BCUT2D eigenvalue weighted by molar-refractivity contribution is 5.85. The van der Waals surface area contributed by atoms with Gasteiger partial charge < -0.3 is 14.1 Å². The second-order valence-corrected chi connectivity index (χ2v) is 6.05. The molecule has 1 aliphatic heterocycles. The Morgan fingerprint density at radius 1 is 1.48 bits per heavy atom. The number of hydrogen-bond donors (Lipinski definition) is 0. The van der Waals surface area contributed by atoms with Crippen molar-refractivity contribution < 1.29 is 18.7 Å². The Balaban J connectivity index is 2.01. The Labute approximate surface area is 148 Å². The van der Waals surface area contributed by atoms with E-state index in [2.05, 4.69) is 6.07 Å². The van der Waals surface area contributed by atoms with Crippen LogP contribution in [0.1, 0.15) is 38.4 Å². The second kappa shape index (κ2) is 9.84. The lowest BCUT2D eigenvalue weighted by atomic mass is 10.0. The summed E-state index contributed by atoms with van der Waals surface area (Å²) in [6.45, 7) is 3.72. The number of nitrogens with zero attached hydrogens (tertiary/aromatic N) is 3. The third-order valence-electron chi connectivity index (χ3n) is 4.24. The van der Waals surface area contributed by atoms with E-state index < -0.39 is 6.04 Å². The standard InChI is InChI=1S/C18H25N3O4/c1-2-24-18(23)16-8-3-4-11-21(16)17(22)14-20(10-6-9-19)13-15-7-5-12-25-15/h5,7,12,16H,2-4,6,8,10-11,13-14H2,1H3. The van der Waals surface area contributed by atoms with Crippen LogP contribution in [0.3, 0.4) is 0 Å². The van der Waals surface area contributed by atoms with Crippen molar-refractivity contribution in [2.24, 2.45) is 0 Å². The topological polar surface area (TPSA) is 86.8 Å². The summed E-state index contributed by atoms with van der Waals surface area (Å²) < 4.78 is 10.5. The molecule has 1 unspecified atom stereocenters. The number of amides is 1. The molecule has 0 bridgehead atoms. The largest absolute Gasteiger partial charge is 0.468 e. The van der Waals surface area contributed by atoms with Crippen molar-refractivity contribution in [1.29, 1.82) is 5.26 Å². The fourth-order valence-electron chi connectivity index (χ4n) is 3.04. The van der Waals surface area contributed by atoms with Gasteiger partial charge in [-0.05, 0) is 38.3 Å². The molecule has 0 spiro atoms. The molecule has 7 nitrogen and oxygen atoms in total. The van der Waals surface area contributed by atoms with Gasteiger partial charge in [0.1, 0.15) is 11.8 Å². The van der Waals surface area contributed by atoms with E-state index in [1.807, 2.05) is 11.0 Å². The first-order chi connectivity index (χ1) is 12.2. The van der Waals surface area contributed by atoms with Crippen LogP contribution in [0.25, 0.3) is 0 Å². The number of nitriles is 1. The number of ether oxygens (including phenoxy) is 1. The van der Waals surface area contributed by atoms with Gasteiger partial charge in [-0.15, -0.1) is 0 Å². The van der Waals surface area contributed by atoms with E-state index in [1.165, 1.54) is 0 Å². The molecule has 1 fully saturated rings. The summed E-state index contributed by atoms with van der Waals surface area (Å²) in [5, 5.41) is 8.84. The van der Waals surface area contributed by atoms with Crippen LogP contribution >= 0.6 is 0 Å². The molecule has 2 heterocycles. The van der Waals surface area contributed by atoms with Crippen molar-refractivity contribution in [3.63, 3.8) is 0 Å². The average molecular weight is 347 g/mol. The number of rotatable bonds is 8. The molecule has 1 aliphatic rings. The summed E-state index contributed by atoms with van der Waals surface area (Å²) in [7, 11) is 0. The highest BCUT2D eigenvalue weighted by atomic mass is 16.5. The minimum atomic E-state index is -0.498. The predicted octanol–water partition coefficient (Wildman–Crippen LogP) is 1.94. The first-order valence-electron chi connectivity index (χ1n) is 8.73. The smallest absolute Gasteiger partial charge is 0.328 e. The first kappa shape index (κ1) is 19.0.